The Morgan fingerprint density at radius 3 is 2.89 bits per heavy atom. The average Bonchev–Trinajstić information content (AvgIpc) is 3.34. The highest BCUT2D eigenvalue weighted by atomic mass is 35.5. The standard InChI is InChI=1S/C20H26ClN3O3S/c21-16-2-1-3-17(11-16)24-12-15(10-18(24)25)19(26)22-13-20(4-9-28-14-20)23-5-7-27-8-6-23/h1-3,11,15H,4-10,12-14H2,(H,22,26). The molecule has 6 nitrogen and oxygen atoms in total. The second-order valence-electron chi connectivity index (χ2n) is 7.73. The van der Waals surface area contributed by atoms with Gasteiger partial charge in [0.2, 0.25) is 11.8 Å². The van der Waals surface area contributed by atoms with E-state index in [2.05, 4.69) is 10.2 Å². The summed E-state index contributed by atoms with van der Waals surface area (Å²) in [6.07, 6.45) is 1.33. The van der Waals surface area contributed by atoms with Gasteiger partial charge in [-0.15, -0.1) is 0 Å². The molecule has 0 bridgehead atoms. The van der Waals surface area contributed by atoms with Crippen molar-refractivity contribution in [2.24, 2.45) is 5.92 Å². The second-order valence-corrected chi connectivity index (χ2v) is 9.27. The maximum atomic E-state index is 12.9. The van der Waals surface area contributed by atoms with Crippen LogP contribution in [0.2, 0.25) is 5.02 Å². The summed E-state index contributed by atoms with van der Waals surface area (Å²) < 4.78 is 5.50. The van der Waals surface area contributed by atoms with Gasteiger partial charge in [0.05, 0.1) is 19.1 Å². The van der Waals surface area contributed by atoms with Crippen LogP contribution < -0.4 is 10.2 Å². The van der Waals surface area contributed by atoms with Gasteiger partial charge in [-0.1, -0.05) is 17.7 Å². The van der Waals surface area contributed by atoms with Gasteiger partial charge >= 0.3 is 0 Å². The third kappa shape index (κ3) is 4.17. The Balaban J connectivity index is 1.37. The van der Waals surface area contributed by atoms with Crippen LogP contribution in [0.1, 0.15) is 12.8 Å². The van der Waals surface area contributed by atoms with E-state index in [1.54, 1.807) is 17.0 Å². The molecule has 3 saturated heterocycles. The van der Waals surface area contributed by atoms with E-state index in [9.17, 15) is 9.59 Å². The molecule has 28 heavy (non-hydrogen) atoms. The Morgan fingerprint density at radius 1 is 1.36 bits per heavy atom. The zero-order valence-electron chi connectivity index (χ0n) is 15.9. The predicted molar refractivity (Wildman–Crippen MR) is 112 cm³/mol. The minimum absolute atomic E-state index is 0.0133. The number of amides is 2. The SMILES string of the molecule is O=C(NCC1(N2CCOCC2)CCSC1)C1CC(=O)N(c2cccc(Cl)c2)C1. The summed E-state index contributed by atoms with van der Waals surface area (Å²) in [6, 6.07) is 7.22. The Hall–Kier alpha value is -1.28. The number of ether oxygens (including phenoxy) is 1. The van der Waals surface area contributed by atoms with Crippen molar-refractivity contribution in [3.8, 4) is 0 Å². The lowest BCUT2D eigenvalue weighted by Crippen LogP contribution is -2.59. The van der Waals surface area contributed by atoms with Crippen LogP contribution >= 0.6 is 23.4 Å². The molecular formula is C20H26ClN3O3S. The van der Waals surface area contributed by atoms with E-state index in [1.165, 1.54) is 0 Å². The summed E-state index contributed by atoms with van der Waals surface area (Å²) in [4.78, 5) is 29.4. The lowest BCUT2D eigenvalue weighted by molar-refractivity contribution is -0.127. The molecule has 1 aromatic rings. The number of benzene rings is 1. The van der Waals surface area contributed by atoms with Gasteiger partial charge in [0.25, 0.3) is 0 Å². The summed E-state index contributed by atoms with van der Waals surface area (Å²) in [5, 5.41) is 3.76. The molecule has 4 rings (SSSR count). The highest BCUT2D eigenvalue weighted by molar-refractivity contribution is 7.99. The number of thioether (sulfide) groups is 1. The van der Waals surface area contributed by atoms with Crippen LogP contribution in [0.5, 0.6) is 0 Å². The summed E-state index contributed by atoms with van der Waals surface area (Å²) in [6.45, 7) is 4.39. The first-order valence-corrected chi connectivity index (χ1v) is 11.3. The van der Waals surface area contributed by atoms with Crippen molar-refractivity contribution in [2.45, 2.75) is 18.4 Å². The maximum Gasteiger partial charge on any atom is 0.227 e. The van der Waals surface area contributed by atoms with E-state index < -0.39 is 0 Å². The summed E-state index contributed by atoms with van der Waals surface area (Å²) >= 11 is 8.00. The number of nitrogens with one attached hydrogen (secondary N) is 1. The van der Waals surface area contributed by atoms with Crippen LogP contribution in [-0.2, 0) is 14.3 Å². The van der Waals surface area contributed by atoms with Crippen molar-refractivity contribution < 1.29 is 14.3 Å². The molecule has 3 fully saturated rings. The Labute approximate surface area is 174 Å². The van der Waals surface area contributed by atoms with Gasteiger partial charge in [-0.3, -0.25) is 14.5 Å². The maximum absolute atomic E-state index is 12.9. The number of halogens is 1. The Bertz CT molecular complexity index is 735. The minimum atomic E-state index is -0.317. The number of carbonyl (C=O) groups is 2. The van der Waals surface area contributed by atoms with E-state index >= 15 is 0 Å². The zero-order valence-corrected chi connectivity index (χ0v) is 17.4. The molecule has 2 amide bonds. The van der Waals surface area contributed by atoms with Crippen molar-refractivity contribution >= 4 is 40.9 Å². The minimum Gasteiger partial charge on any atom is -0.379 e. The Kier molecular flexibility index (Phi) is 6.16. The molecule has 1 aromatic carbocycles. The normalized spacial score (nSPS) is 28.7. The first-order valence-electron chi connectivity index (χ1n) is 9.82. The molecule has 3 aliphatic rings. The van der Waals surface area contributed by atoms with Gasteiger partial charge < -0.3 is 15.0 Å². The first kappa shape index (κ1) is 20.0. The van der Waals surface area contributed by atoms with Gasteiger partial charge in [-0.2, -0.15) is 11.8 Å². The molecule has 0 spiro atoms. The highest BCUT2D eigenvalue weighted by Gasteiger charge is 2.42. The van der Waals surface area contributed by atoms with E-state index in [0.29, 0.717) is 18.1 Å². The van der Waals surface area contributed by atoms with Crippen molar-refractivity contribution in [1.82, 2.24) is 10.2 Å². The fraction of sp³-hybridized carbons (Fsp3) is 0.600. The van der Waals surface area contributed by atoms with Gasteiger partial charge in [0, 0.05) is 54.6 Å². The number of anilines is 1. The molecule has 2 unspecified atom stereocenters. The summed E-state index contributed by atoms with van der Waals surface area (Å²) in [7, 11) is 0. The third-order valence-corrected chi connectivity index (χ3v) is 7.44. The molecule has 152 valence electrons. The molecule has 0 radical (unpaired) electrons. The van der Waals surface area contributed by atoms with Crippen LogP contribution in [0.25, 0.3) is 0 Å². The monoisotopic (exact) mass is 423 g/mol. The number of hydrogen-bond acceptors (Lipinski definition) is 5. The zero-order chi connectivity index (χ0) is 19.6. The number of rotatable bonds is 5. The van der Waals surface area contributed by atoms with Crippen LogP contribution in [0.3, 0.4) is 0 Å². The average molecular weight is 424 g/mol. The molecule has 0 saturated carbocycles. The van der Waals surface area contributed by atoms with Crippen LogP contribution in [-0.4, -0.2) is 73.2 Å². The van der Waals surface area contributed by atoms with Crippen molar-refractivity contribution in [3.63, 3.8) is 0 Å². The number of nitrogens with zero attached hydrogens (tertiary/aromatic N) is 2. The van der Waals surface area contributed by atoms with Crippen LogP contribution in [0.15, 0.2) is 24.3 Å². The second kappa shape index (κ2) is 8.61. The van der Waals surface area contributed by atoms with Gasteiger partial charge in [-0.05, 0) is 30.4 Å². The first-order chi connectivity index (χ1) is 13.6. The van der Waals surface area contributed by atoms with E-state index in [1.807, 2.05) is 23.9 Å². The van der Waals surface area contributed by atoms with Gasteiger partial charge in [-0.25, -0.2) is 0 Å². The largest absolute Gasteiger partial charge is 0.379 e. The predicted octanol–water partition coefficient (Wildman–Crippen LogP) is 2.02. The molecule has 0 aromatic heterocycles. The Morgan fingerprint density at radius 2 is 2.18 bits per heavy atom. The van der Waals surface area contributed by atoms with E-state index in [0.717, 1.165) is 49.9 Å². The van der Waals surface area contributed by atoms with Crippen molar-refractivity contribution in [2.75, 3.05) is 55.8 Å². The van der Waals surface area contributed by atoms with Crippen LogP contribution in [0, 0.1) is 5.92 Å². The lowest BCUT2D eigenvalue weighted by atomic mass is 9.95. The molecule has 2 atom stereocenters. The fourth-order valence-electron chi connectivity index (χ4n) is 4.31. The van der Waals surface area contributed by atoms with Crippen molar-refractivity contribution in [1.29, 1.82) is 0 Å². The molecule has 0 aliphatic carbocycles. The molecule has 8 heteroatoms. The quantitative estimate of drug-likeness (QED) is 0.785. The number of hydrogen-bond donors (Lipinski definition) is 1. The van der Waals surface area contributed by atoms with E-state index in [-0.39, 0.29) is 29.7 Å². The smallest absolute Gasteiger partial charge is 0.227 e. The third-order valence-electron chi connectivity index (χ3n) is 5.97. The number of carbonyl (C=O) groups excluding carboxylic acids is 2. The fourth-order valence-corrected chi connectivity index (χ4v) is 5.97. The topological polar surface area (TPSA) is 61.9 Å². The number of morpholine rings is 1. The lowest BCUT2D eigenvalue weighted by Gasteiger charge is -2.43. The van der Waals surface area contributed by atoms with Crippen molar-refractivity contribution in [3.05, 3.63) is 29.3 Å². The van der Waals surface area contributed by atoms with E-state index in [4.69, 9.17) is 16.3 Å². The van der Waals surface area contributed by atoms with Gasteiger partial charge in [0.15, 0.2) is 0 Å². The molecular weight excluding hydrogens is 398 g/mol. The molecule has 3 heterocycles. The van der Waals surface area contributed by atoms with Gasteiger partial charge in [0.1, 0.15) is 0 Å². The molecule has 1 N–H and O–H groups in total. The molecule has 3 aliphatic heterocycles. The summed E-state index contributed by atoms with van der Waals surface area (Å²) in [5.74, 6) is 1.79. The van der Waals surface area contributed by atoms with Crippen LogP contribution in [0.4, 0.5) is 5.69 Å². The highest BCUT2D eigenvalue weighted by Crippen LogP contribution is 2.34. The summed E-state index contributed by atoms with van der Waals surface area (Å²) in [5.41, 5.74) is 0.768.